The highest BCUT2D eigenvalue weighted by atomic mass is 16.3. The summed E-state index contributed by atoms with van der Waals surface area (Å²) in [7, 11) is 1.75. The van der Waals surface area contributed by atoms with E-state index in [2.05, 4.69) is 17.0 Å². The molecular formula is C16H23N3O3. The molecule has 0 spiro atoms. The van der Waals surface area contributed by atoms with E-state index in [-0.39, 0.29) is 19.2 Å². The Morgan fingerprint density at radius 3 is 2.68 bits per heavy atom. The van der Waals surface area contributed by atoms with Gasteiger partial charge in [-0.1, -0.05) is 42.5 Å². The molecule has 1 aromatic rings. The van der Waals surface area contributed by atoms with E-state index in [1.54, 1.807) is 16.8 Å². The number of hydrogen-bond acceptors (Lipinski definition) is 4. The van der Waals surface area contributed by atoms with Crippen LogP contribution in [-0.4, -0.2) is 70.6 Å². The molecule has 22 heavy (non-hydrogen) atoms. The zero-order valence-corrected chi connectivity index (χ0v) is 12.8. The summed E-state index contributed by atoms with van der Waals surface area (Å²) in [6, 6.07) is 9.98. The van der Waals surface area contributed by atoms with Gasteiger partial charge in [0.25, 0.3) is 0 Å². The summed E-state index contributed by atoms with van der Waals surface area (Å²) >= 11 is 0. The van der Waals surface area contributed by atoms with E-state index in [4.69, 9.17) is 5.11 Å². The fourth-order valence-corrected chi connectivity index (χ4v) is 2.53. The minimum absolute atomic E-state index is 0.0965. The van der Waals surface area contributed by atoms with Crippen LogP contribution in [0.15, 0.2) is 42.5 Å². The van der Waals surface area contributed by atoms with Crippen molar-refractivity contribution in [2.24, 2.45) is 0 Å². The SMILES string of the molecule is CN1CN(Cc2ccccc2)CN(CC(O)/C=C/CO)C1=O. The van der Waals surface area contributed by atoms with Gasteiger partial charge in [-0.05, 0) is 5.56 Å². The molecule has 0 aromatic heterocycles. The van der Waals surface area contributed by atoms with Crippen molar-refractivity contribution in [1.82, 2.24) is 14.7 Å². The molecule has 120 valence electrons. The number of amides is 2. The van der Waals surface area contributed by atoms with Crippen molar-refractivity contribution >= 4 is 6.03 Å². The molecule has 1 aliphatic rings. The van der Waals surface area contributed by atoms with Gasteiger partial charge >= 0.3 is 6.03 Å². The van der Waals surface area contributed by atoms with Crippen molar-refractivity contribution in [3.63, 3.8) is 0 Å². The van der Waals surface area contributed by atoms with E-state index in [1.165, 1.54) is 17.7 Å². The predicted octanol–water partition coefficient (Wildman–Crippen LogP) is 0.680. The number of carbonyl (C=O) groups excluding carboxylic acids is 1. The molecule has 1 heterocycles. The van der Waals surface area contributed by atoms with Gasteiger partial charge in [0.05, 0.1) is 32.6 Å². The maximum Gasteiger partial charge on any atom is 0.321 e. The molecule has 2 rings (SSSR count). The third kappa shape index (κ3) is 4.56. The monoisotopic (exact) mass is 305 g/mol. The van der Waals surface area contributed by atoms with Gasteiger partial charge in [-0.2, -0.15) is 0 Å². The van der Waals surface area contributed by atoms with Crippen LogP contribution < -0.4 is 0 Å². The molecule has 0 bridgehead atoms. The third-order valence-corrected chi connectivity index (χ3v) is 3.50. The van der Waals surface area contributed by atoms with E-state index >= 15 is 0 Å². The smallest absolute Gasteiger partial charge is 0.321 e. The molecule has 1 atom stereocenters. The highest BCUT2D eigenvalue weighted by molar-refractivity contribution is 5.74. The second-order valence-electron chi connectivity index (χ2n) is 5.48. The second kappa shape index (κ2) is 7.93. The Balaban J connectivity index is 1.97. The van der Waals surface area contributed by atoms with E-state index in [9.17, 15) is 9.90 Å². The van der Waals surface area contributed by atoms with Gasteiger partial charge in [-0.25, -0.2) is 4.79 Å². The lowest BCUT2D eigenvalue weighted by atomic mass is 10.2. The first-order valence-corrected chi connectivity index (χ1v) is 7.32. The number of benzene rings is 1. The van der Waals surface area contributed by atoms with Crippen molar-refractivity contribution in [2.45, 2.75) is 12.6 Å². The summed E-state index contributed by atoms with van der Waals surface area (Å²) < 4.78 is 0. The fraction of sp³-hybridized carbons (Fsp3) is 0.438. The molecule has 1 aliphatic heterocycles. The van der Waals surface area contributed by atoms with Crippen LogP contribution >= 0.6 is 0 Å². The topological polar surface area (TPSA) is 67.2 Å². The Hall–Kier alpha value is -1.89. The second-order valence-corrected chi connectivity index (χ2v) is 5.48. The number of β-amino-alcohol motifs (C(OH)–C–C–N with tert-alkyl or cyclic N) is 1. The molecular weight excluding hydrogens is 282 g/mol. The average molecular weight is 305 g/mol. The Bertz CT molecular complexity index is 507. The van der Waals surface area contributed by atoms with Gasteiger partial charge in [0.15, 0.2) is 0 Å². The molecule has 1 saturated heterocycles. The molecule has 1 fully saturated rings. The van der Waals surface area contributed by atoms with E-state index in [0.717, 1.165) is 6.54 Å². The predicted molar refractivity (Wildman–Crippen MR) is 83.8 cm³/mol. The first kappa shape index (κ1) is 16.5. The van der Waals surface area contributed by atoms with Crippen LogP contribution in [-0.2, 0) is 6.54 Å². The zero-order chi connectivity index (χ0) is 15.9. The van der Waals surface area contributed by atoms with Crippen LogP contribution in [0.4, 0.5) is 4.79 Å². The Kier molecular flexibility index (Phi) is 5.94. The van der Waals surface area contributed by atoms with Crippen molar-refractivity contribution in [2.75, 3.05) is 33.5 Å². The number of aliphatic hydroxyl groups is 2. The highest BCUT2D eigenvalue weighted by Crippen LogP contribution is 2.13. The van der Waals surface area contributed by atoms with Gasteiger partial charge in [0.2, 0.25) is 0 Å². The molecule has 6 nitrogen and oxygen atoms in total. The summed E-state index contributed by atoms with van der Waals surface area (Å²) in [5.41, 5.74) is 1.19. The summed E-state index contributed by atoms with van der Waals surface area (Å²) in [6.07, 6.45) is 2.20. The largest absolute Gasteiger partial charge is 0.392 e. The lowest BCUT2D eigenvalue weighted by Gasteiger charge is -2.41. The quantitative estimate of drug-likeness (QED) is 0.759. The van der Waals surface area contributed by atoms with Gasteiger partial charge in [0.1, 0.15) is 0 Å². The van der Waals surface area contributed by atoms with Crippen molar-refractivity contribution in [3.05, 3.63) is 48.0 Å². The van der Waals surface area contributed by atoms with Gasteiger partial charge in [0, 0.05) is 13.6 Å². The summed E-state index contributed by atoms with van der Waals surface area (Å²) in [5, 5.41) is 18.6. The Morgan fingerprint density at radius 2 is 2.00 bits per heavy atom. The minimum atomic E-state index is -0.777. The van der Waals surface area contributed by atoms with Crippen molar-refractivity contribution < 1.29 is 15.0 Å². The number of hydrogen-bond donors (Lipinski definition) is 2. The molecule has 2 N–H and O–H groups in total. The molecule has 1 aromatic carbocycles. The van der Waals surface area contributed by atoms with Crippen molar-refractivity contribution in [3.8, 4) is 0 Å². The Morgan fingerprint density at radius 1 is 1.27 bits per heavy atom. The van der Waals surface area contributed by atoms with Gasteiger partial charge in [-0.15, -0.1) is 0 Å². The van der Waals surface area contributed by atoms with Crippen LogP contribution in [0, 0.1) is 0 Å². The van der Waals surface area contributed by atoms with E-state index in [0.29, 0.717) is 13.3 Å². The molecule has 6 heteroatoms. The van der Waals surface area contributed by atoms with E-state index in [1.807, 2.05) is 18.2 Å². The standard InChI is InChI=1S/C16H23N3O3/c1-17-12-18(10-14-6-3-2-4-7-14)13-19(16(17)22)11-15(21)8-5-9-20/h2-8,15,20-21H,9-13H2,1H3/b8-5+. The number of urea groups is 1. The zero-order valence-electron chi connectivity index (χ0n) is 12.8. The molecule has 0 aliphatic carbocycles. The van der Waals surface area contributed by atoms with Crippen LogP contribution in [0.2, 0.25) is 0 Å². The first-order valence-electron chi connectivity index (χ1n) is 7.32. The van der Waals surface area contributed by atoms with Crippen LogP contribution in [0.3, 0.4) is 0 Å². The summed E-state index contributed by atoms with van der Waals surface area (Å²) in [4.78, 5) is 17.6. The lowest BCUT2D eigenvalue weighted by Crippen LogP contribution is -2.57. The number of aliphatic hydroxyl groups excluding tert-OH is 2. The van der Waals surface area contributed by atoms with Crippen LogP contribution in [0.1, 0.15) is 5.56 Å². The van der Waals surface area contributed by atoms with Crippen molar-refractivity contribution in [1.29, 1.82) is 0 Å². The summed E-state index contributed by atoms with van der Waals surface area (Å²) in [5.74, 6) is 0. The molecule has 0 saturated carbocycles. The van der Waals surface area contributed by atoms with Crippen LogP contribution in [0.25, 0.3) is 0 Å². The Labute approximate surface area is 130 Å². The lowest BCUT2D eigenvalue weighted by molar-refractivity contribution is 0.0247. The van der Waals surface area contributed by atoms with Gasteiger partial charge in [-0.3, -0.25) is 4.90 Å². The maximum atomic E-state index is 12.2. The van der Waals surface area contributed by atoms with Gasteiger partial charge < -0.3 is 20.0 Å². The minimum Gasteiger partial charge on any atom is -0.392 e. The average Bonchev–Trinajstić information content (AvgIpc) is 2.51. The van der Waals surface area contributed by atoms with E-state index < -0.39 is 6.10 Å². The highest BCUT2D eigenvalue weighted by Gasteiger charge is 2.28. The fourth-order valence-electron chi connectivity index (χ4n) is 2.53. The molecule has 2 amide bonds. The molecule has 0 radical (unpaired) electrons. The first-order chi connectivity index (χ1) is 10.6. The van der Waals surface area contributed by atoms with Crippen LogP contribution in [0.5, 0.6) is 0 Å². The number of carbonyl (C=O) groups is 1. The normalized spacial score (nSPS) is 18.2. The number of rotatable bonds is 6. The molecule has 1 unspecified atom stereocenters. The third-order valence-electron chi connectivity index (χ3n) is 3.50. The number of nitrogens with zero attached hydrogens (tertiary/aromatic N) is 3. The maximum absolute atomic E-state index is 12.2. The summed E-state index contributed by atoms with van der Waals surface area (Å²) in [6.45, 7) is 1.88.